The maximum atomic E-state index is 8.96. The normalized spacial score (nSPS) is 17.1. The second-order valence-electron chi connectivity index (χ2n) is 5.35. The summed E-state index contributed by atoms with van der Waals surface area (Å²) >= 11 is 0. The van der Waals surface area contributed by atoms with Crippen molar-refractivity contribution in [2.45, 2.75) is 45.2 Å². The number of nitrogens with zero attached hydrogens (tertiary/aromatic N) is 1. The maximum Gasteiger partial charge on any atom is 0.123 e. The highest BCUT2D eigenvalue weighted by atomic mass is 16.5. The van der Waals surface area contributed by atoms with E-state index in [-0.39, 0.29) is 0 Å². The molecule has 0 aromatic heterocycles. The molecule has 1 aliphatic carbocycles. The van der Waals surface area contributed by atoms with Gasteiger partial charge < -0.3 is 10.1 Å². The number of nitrogens with one attached hydrogen (secondary N) is 1. The molecule has 0 unspecified atom stereocenters. The summed E-state index contributed by atoms with van der Waals surface area (Å²) in [5.74, 6) is 1.65. The minimum absolute atomic E-state index is 0.526. The molecule has 0 aliphatic heterocycles. The summed E-state index contributed by atoms with van der Waals surface area (Å²) in [6, 6.07) is 8.28. The third-order valence-corrected chi connectivity index (χ3v) is 4.13. The van der Waals surface area contributed by atoms with Crippen LogP contribution in [0.4, 0.5) is 0 Å². The van der Waals surface area contributed by atoms with Crippen molar-refractivity contribution in [2.24, 2.45) is 5.92 Å². The third kappa shape index (κ3) is 3.48. The maximum absolute atomic E-state index is 8.96. The van der Waals surface area contributed by atoms with Gasteiger partial charge in [0.1, 0.15) is 5.75 Å². The van der Waals surface area contributed by atoms with E-state index in [0.29, 0.717) is 11.6 Å². The Labute approximate surface area is 115 Å². The summed E-state index contributed by atoms with van der Waals surface area (Å²) in [5, 5.41) is 12.5. The van der Waals surface area contributed by atoms with E-state index in [9.17, 15) is 0 Å². The van der Waals surface area contributed by atoms with Crippen LogP contribution in [0.15, 0.2) is 18.2 Å². The molecule has 3 nitrogen and oxygen atoms in total. The smallest absolute Gasteiger partial charge is 0.123 e. The van der Waals surface area contributed by atoms with Gasteiger partial charge in [0.25, 0.3) is 0 Å². The highest BCUT2D eigenvalue weighted by Gasteiger charge is 2.21. The van der Waals surface area contributed by atoms with Crippen LogP contribution < -0.4 is 10.1 Å². The topological polar surface area (TPSA) is 45.0 Å². The Hall–Kier alpha value is -1.53. The van der Waals surface area contributed by atoms with Crippen molar-refractivity contribution in [1.29, 1.82) is 5.26 Å². The molecule has 0 amide bonds. The van der Waals surface area contributed by atoms with Crippen molar-refractivity contribution in [3.8, 4) is 11.8 Å². The van der Waals surface area contributed by atoms with Gasteiger partial charge in [-0.2, -0.15) is 5.26 Å². The van der Waals surface area contributed by atoms with Crippen LogP contribution in [0.1, 0.15) is 43.7 Å². The molecule has 19 heavy (non-hydrogen) atoms. The fraction of sp³-hybridized carbons (Fsp3) is 0.562. The zero-order valence-corrected chi connectivity index (χ0v) is 11.8. The summed E-state index contributed by atoms with van der Waals surface area (Å²) < 4.78 is 5.35. The molecule has 2 rings (SSSR count). The lowest BCUT2D eigenvalue weighted by atomic mass is 9.99. The fourth-order valence-corrected chi connectivity index (χ4v) is 2.88. The summed E-state index contributed by atoms with van der Waals surface area (Å²) in [7, 11) is 1.67. The predicted octanol–water partition coefficient (Wildman–Crippen LogP) is 3.24. The van der Waals surface area contributed by atoms with Gasteiger partial charge in [-0.25, -0.2) is 0 Å². The Bertz CT molecular complexity index is 458. The van der Waals surface area contributed by atoms with Crippen LogP contribution in [0.25, 0.3) is 0 Å². The first kappa shape index (κ1) is 13.9. The van der Waals surface area contributed by atoms with Gasteiger partial charge in [0.2, 0.25) is 0 Å². The van der Waals surface area contributed by atoms with Gasteiger partial charge in [0, 0.05) is 18.2 Å². The van der Waals surface area contributed by atoms with Crippen molar-refractivity contribution in [3.05, 3.63) is 29.3 Å². The minimum atomic E-state index is 0.526. The second kappa shape index (κ2) is 6.58. The number of hydrogen-bond acceptors (Lipinski definition) is 3. The molecule has 1 aromatic carbocycles. The first-order valence-corrected chi connectivity index (χ1v) is 7.05. The molecule has 102 valence electrons. The SMILES string of the molecule is COc1ccc(C#N)cc1CN[C@H](C)C1CCCC1. The summed E-state index contributed by atoms with van der Waals surface area (Å²) in [5.41, 5.74) is 1.75. The number of hydrogen-bond donors (Lipinski definition) is 1. The zero-order valence-electron chi connectivity index (χ0n) is 11.8. The molecule has 1 saturated carbocycles. The van der Waals surface area contributed by atoms with Crippen LogP contribution >= 0.6 is 0 Å². The molecular weight excluding hydrogens is 236 g/mol. The van der Waals surface area contributed by atoms with E-state index in [1.807, 2.05) is 12.1 Å². The van der Waals surface area contributed by atoms with Crippen molar-refractivity contribution < 1.29 is 4.74 Å². The Kier molecular flexibility index (Phi) is 4.81. The molecule has 1 atom stereocenters. The molecule has 0 spiro atoms. The quantitative estimate of drug-likeness (QED) is 0.882. The predicted molar refractivity (Wildman–Crippen MR) is 76.0 cm³/mol. The van der Waals surface area contributed by atoms with Gasteiger partial charge in [-0.05, 0) is 43.9 Å². The summed E-state index contributed by atoms with van der Waals surface area (Å²) in [6.07, 6.45) is 5.40. The Morgan fingerprint density at radius 2 is 2.16 bits per heavy atom. The standard InChI is InChI=1S/C16H22N2O/c1-12(14-5-3-4-6-14)18-11-15-9-13(10-17)7-8-16(15)19-2/h7-9,12,14,18H,3-6,11H2,1-2H3/t12-/m1/s1. The lowest BCUT2D eigenvalue weighted by Gasteiger charge is -2.21. The van der Waals surface area contributed by atoms with Crippen LogP contribution in [0.5, 0.6) is 5.75 Å². The molecule has 1 aromatic rings. The molecule has 1 fully saturated rings. The van der Waals surface area contributed by atoms with Gasteiger partial charge in [0.15, 0.2) is 0 Å². The van der Waals surface area contributed by atoms with E-state index in [0.717, 1.165) is 23.8 Å². The minimum Gasteiger partial charge on any atom is -0.496 e. The highest BCUT2D eigenvalue weighted by Crippen LogP contribution is 2.28. The van der Waals surface area contributed by atoms with E-state index >= 15 is 0 Å². The lowest BCUT2D eigenvalue weighted by Crippen LogP contribution is -2.31. The summed E-state index contributed by atoms with van der Waals surface area (Å²) in [6.45, 7) is 3.02. The van der Waals surface area contributed by atoms with Crippen molar-refractivity contribution in [3.63, 3.8) is 0 Å². The Morgan fingerprint density at radius 1 is 1.42 bits per heavy atom. The Morgan fingerprint density at radius 3 is 2.79 bits per heavy atom. The van der Waals surface area contributed by atoms with Crippen molar-refractivity contribution in [1.82, 2.24) is 5.32 Å². The summed E-state index contributed by atoms with van der Waals surface area (Å²) in [4.78, 5) is 0. The first-order chi connectivity index (χ1) is 9.24. The van der Waals surface area contributed by atoms with Crippen LogP contribution in [-0.2, 0) is 6.54 Å². The van der Waals surface area contributed by atoms with Gasteiger partial charge in [0.05, 0.1) is 18.7 Å². The molecule has 3 heteroatoms. The highest BCUT2D eigenvalue weighted by molar-refractivity contribution is 5.42. The van der Waals surface area contributed by atoms with E-state index in [1.165, 1.54) is 25.7 Å². The lowest BCUT2D eigenvalue weighted by molar-refractivity contribution is 0.371. The van der Waals surface area contributed by atoms with Crippen LogP contribution in [0.2, 0.25) is 0 Å². The zero-order chi connectivity index (χ0) is 13.7. The van der Waals surface area contributed by atoms with Crippen molar-refractivity contribution >= 4 is 0 Å². The average Bonchev–Trinajstić information content (AvgIpc) is 2.98. The third-order valence-electron chi connectivity index (χ3n) is 4.13. The van der Waals surface area contributed by atoms with Crippen LogP contribution in [0.3, 0.4) is 0 Å². The number of nitriles is 1. The number of methoxy groups -OCH3 is 1. The van der Waals surface area contributed by atoms with Crippen molar-refractivity contribution in [2.75, 3.05) is 7.11 Å². The average molecular weight is 258 g/mol. The molecule has 0 bridgehead atoms. The van der Waals surface area contributed by atoms with Gasteiger partial charge >= 0.3 is 0 Å². The van der Waals surface area contributed by atoms with Gasteiger partial charge in [-0.15, -0.1) is 0 Å². The van der Waals surface area contributed by atoms with E-state index < -0.39 is 0 Å². The van der Waals surface area contributed by atoms with Crippen LogP contribution in [-0.4, -0.2) is 13.2 Å². The van der Waals surface area contributed by atoms with Gasteiger partial charge in [-0.3, -0.25) is 0 Å². The Balaban J connectivity index is 1.99. The second-order valence-corrected chi connectivity index (χ2v) is 5.35. The molecular formula is C16H22N2O. The molecule has 0 saturated heterocycles. The monoisotopic (exact) mass is 258 g/mol. The van der Waals surface area contributed by atoms with E-state index in [2.05, 4.69) is 18.3 Å². The molecule has 1 aliphatic rings. The largest absolute Gasteiger partial charge is 0.496 e. The van der Waals surface area contributed by atoms with Crippen LogP contribution in [0, 0.1) is 17.2 Å². The number of ether oxygens (including phenoxy) is 1. The number of rotatable bonds is 5. The first-order valence-electron chi connectivity index (χ1n) is 7.05. The number of benzene rings is 1. The van der Waals surface area contributed by atoms with E-state index in [1.54, 1.807) is 13.2 Å². The van der Waals surface area contributed by atoms with E-state index in [4.69, 9.17) is 10.00 Å². The molecule has 0 heterocycles. The molecule has 1 N–H and O–H groups in total. The fourth-order valence-electron chi connectivity index (χ4n) is 2.88. The molecule has 0 radical (unpaired) electrons. The van der Waals surface area contributed by atoms with Gasteiger partial charge in [-0.1, -0.05) is 12.8 Å².